The summed E-state index contributed by atoms with van der Waals surface area (Å²) < 4.78 is 2.30. The normalized spacial score (nSPS) is 19.8. The number of H-pyrrole nitrogens is 1. The molecule has 3 N–H and O–H groups in total. The fourth-order valence-electron chi connectivity index (χ4n) is 4.36. The molecule has 140 valence electrons. The Balaban J connectivity index is 1.69. The summed E-state index contributed by atoms with van der Waals surface area (Å²) in [5.41, 5.74) is 9.32. The number of aromatic nitrogens is 6. The van der Waals surface area contributed by atoms with Gasteiger partial charge in [0.1, 0.15) is 16.9 Å². The first-order valence-electron chi connectivity index (χ1n) is 9.54. The third kappa shape index (κ3) is 2.67. The molecular formula is C20H20N8. The minimum atomic E-state index is 0.235. The summed E-state index contributed by atoms with van der Waals surface area (Å²) in [6.07, 6.45) is 10.1. The molecule has 0 atom stereocenters. The Kier molecular flexibility index (Phi) is 3.93. The Morgan fingerprint density at radius 1 is 1.18 bits per heavy atom. The number of nitrogens with zero attached hydrogens (tertiary/aromatic N) is 6. The molecule has 0 aromatic carbocycles. The van der Waals surface area contributed by atoms with Crippen molar-refractivity contribution in [2.45, 2.75) is 38.1 Å². The molecule has 8 nitrogen and oxygen atoms in total. The van der Waals surface area contributed by atoms with Crippen molar-refractivity contribution in [3.8, 4) is 17.6 Å². The fourth-order valence-corrected chi connectivity index (χ4v) is 4.36. The zero-order valence-corrected chi connectivity index (χ0v) is 15.3. The number of nitrogen functional groups attached to an aromatic ring is 1. The molecule has 4 aromatic heterocycles. The van der Waals surface area contributed by atoms with Gasteiger partial charge in [-0.25, -0.2) is 19.9 Å². The van der Waals surface area contributed by atoms with Crippen molar-refractivity contribution in [3.63, 3.8) is 0 Å². The number of nitrogens with two attached hydrogens (primary N) is 1. The molecule has 4 aromatic rings. The van der Waals surface area contributed by atoms with Gasteiger partial charge in [0.25, 0.3) is 0 Å². The second-order valence-electron chi connectivity index (χ2n) is 7.37. The van der Waals surface area contributed by atoms with Gasteiger partial charge < -0.3 is 15.3 Å². The number of fused-ring (bicyclic) bond motifs is 3. The second-order valence-corrected chi connectivity index (χ2v) is 7.37. The number of hydrogen-bond donors (Lipinski definition) is 2. The van der Waals surface area contributed by atoms with E-state index >= 15 is 0 Å². The maximum Gasteiger partial charge on any atom is 0.220 e. The van der Waals surface area contributed by atoms with Crippen LogP contribution in [0.4, 0.5) is 5.95 Å². The van der Waals surface area contributed by atoms with Gasteiger partial charge in [-0.1, -0.05) is 0 Å². The first kappa shape index (κ1) is 16.7. The number of imidazole rings is 1. The molecule has 0 bridgehead atoms. The summed E-state index contributed by atoms with van der Waals surface area (Å²) in [4.78, 5) is 21.0. The largest absolute Gasteiger partial charge is 0.368 e. The number of aromatic amines is 1. The van der Waals surface area contributed by atoms with E-state index in [1.54, 1.807) is 12.4 Å². The maximum atomic E-state index is 9.02. The van der Waals surface area contributed by atoms with Gasteiger partial charge >= 0.3 is 0 Å². The van der Waals surface area contributed by atoms with Crippen LogP contribution in [-0.4, -0.2) is 29.5 Å². The highest BCUT2D eigenvalue weighted by atomic mass is 15.1. The third-order valence-electron chi connectivity index (χ3n) is 5.70. The number of rotatable bonds is 3. The Morgan fingerprint density at radius 3 is 2.82 bits per heavy atom. The lowest BCUT2D eigenvalue weighted by Crippen LogP contribution is -2.19. The Labute approximate surface area is 161 Å². The van der Waals surface area contributed by atoms with E-state index in [1.165, 1.54) is 0 Å². The predicted octanol–water partition coefficient (Wildman–Crippen LogP) is 3.60. The van der Waals surface area contributed by atoms with Crippen LogP contribution in [0.15, 0.2) is 30.7 Å². The number of nitriles is 1. The van der Waals surface area contributed by atoms with Crippen LogP contribution in [0.2, 0.25) is 0 Å². The smallest absolute Gasteiger partial charge is 0.220 e. The molecule has 0 aliphatic heterocycles. The van der Waals surface area contributed by atoms with E-state index < -0.39 is 0 Å². The van der Waals surface area contributed by atoms with Gasteiger partial charge in [-0.15, -0.1) is 0 Å². The standard InChI is InChI=1S/C20H20N8/c21-8-5-12-1-3-13(4-2-12)28-17-14-6-9-23-18(14)25-11-16(17)26-19(28)15-7-10-24-20(22)27-15/h6-7,9-13H,1-5H2,(H,23,25)(H2,22,24,27)/t12-,13+. The molecule has 1 aliphatic carbocycles. The average Bonchev–Trinajstić information content (AvgIpc) is 3.33. The summed E-state index contributed by atoms with van der Waals surface area (Å²) >= 11 is 0. The number of hydrogen-bond acceptors (Lipinski definition) is 6. The highest BCUT2D eigenvalue weighted by Crippen LogP contribution is 2.39. The van der Waals surface area contributed by atoms with Crippen molar-refractivity contribution in [1.82, 2.24) is 29.5 Å². The van der Waals surface area contributed by atoms with Crippen molar-refractivity contribution in [3.05, 3.63) is 30.7 Å². The van der Waals surface area contributed by atoms with Gasteiger partial charge in [0.15, 0.2) is 5.82 Å². The zero-order valence-electron chi connectivity index (χ0n) is 15.3. The van der Waals surface area contributed by atoms with Gasteiger partial charge in [-0.3, -0.25) is 0 Å². The summed E-state index contributed by atoms with van der Waals surface area (Å²) in [6.45, 7) is 0. The van der Waals surface area contributed by atoms with Crippen LogP contribution in [0.25, 0.3) is 33.6 Å². The van der Waals surface area contributed by atoms with Gasteiger partial charge in [0.2, 0.25) is 5.95 Å². The summed E-state index contributed by atoms with van der Waals surface area (Å²) in [5.74, 6) is 1.52. The first-order chi connectivity index (χ1) is 13.7. The highest BCUT2D eigenvalue weighted by molar-refractivity contribution is 6.02. The Bertz CT molecular complexity index is 1190. The molecule has 0 amide bonds. The lowest BCUT2D eigenvalue weighted by Gasteiger charge is -2.29. The molecule has 1 aliphatic rings. The number of nitrogens with one attached hydrogen (secondary N) is 1. The van der Waals surface area contributed by atoms with E-state index in [4.69, 9.17) is 16.0 Å². The highest BCUT2D eigenvalue weighted by Gasteiger charge is 2.27. The second kappa shape index (κ2) is 6.60. The fraction of sp³-hybridized carbons (Fsp3) is 0.350. The minimum absolute atomic E-state index is 0.235. The van der Waals surface area contributed by atoms with E-state index in [1.807, 2.05) is 18.3 Å². The van der Waals surface area contributed by atoms with E-state index in [2.05, 4.69) is 30.6 Å². The molecule has 4 heterocycles. The van der Waals surface area contributed by atoms with Crippen molar-refractivity contribution >= 4 is 28.0 Å². The molecule has 8 heteroatoms. The molecule has 1 saturated carbocycles. The van der Waals surface area contributed by atoms with Crippen molar-refractivity contribution in [2.24, 2.45) is 5.92 Å². The van der Waals surface area contributed by atoms with Crippen LogP contribution in [0.5, 0.6) is 0 Å². The molecular weight excluding hydrogens is 352 g/mol. The summed E-state index contributed by atoms with van der Waals surface area (Å²) in [6, 6.07) is 6.50. The minimum Gasteiger partial charge on any atom is -0.368 e. The van der Waals surface area contributed by atoms with Crippen LogP contribution in [-0.2, 0) is 0 Å². The topological polar surface area (TPSA) is 122 Å². The SMILES string of the molecule is N#CC[C@H]1CC[C@@H](n2c(-c3ccnc(N)n3)nc3cnc4[nH]ccc4c32)CC1. The lowest BCUT2D eigenvalue weighted by atomic mass is 9.84. The molecule has 0 unspecified atom stereocenters. The van der Waals surface area contributed by atoms with Crippen LogP contribution in [0, 0.1) is 17.2 Å². The van der Waals surface area contributed by atoms with Crippen LogP contribution in [0.3, 0.4) is 0 Å². The molecule has 0 radical (unpaired) electrons. The number of anilines is 1. The quantitative estimate of drug-likeness (QED) is 0.566. The summed E-state index contributed by atoms with van der Waals surface area (Å²) in [7, 11) is 0. The van der Waals surface area contributed by atoms with E-state index in [0.29, 0.717) is 24.1 Å². The van der Waals surface area contributed by atoms with Crippen LogP contribution in [0.1, 0.15) is 38.1 Å². The lowest BCUT2D eigenvalue weighted by molar-refractivity contribution is 0.283. The van der Waals surface area contributed by atoms with E-state index in [0.717, 1.165) is 53.6 Å². The van der Waals surface area contributed by atoms with Gasteiger partial charge in [-0.05, 0) is 43.7 Å². The van der Waals surface area contributed by atoms with Crippen molar-refractivity contribution in [1.29, 1.82) is 5.26 Å². The molecule has 1 fully saturated rings. The first-order valence-corrected chi connectivity index (χ1v) is 9.54. The van der Waals surface area contributed by atoms with Gasteiger partial charge in [0.05, 0.1) is 17.8 Å². The predicted molar refractivity (Wildman–Crippen MR) is 106 cm³/mol. The van der Waals surface area contributed by atoms with Gasteiger partial charge in [-0.2, -0.15) is 5.26 Å². The molecule has 5 rings (SSSR count). The van der Waals surface area contributed by atoms with Gasteiger partial charge in [0, 0.05) is 30.2 Å². The van der Waals surface area contributed by atoms with Crippen molar-refractivity contribution < 1.29 is 0 Å². The van der Waals surface area contributed by atoms with E-state index in [-0.39, 0.29) is 5.95 Å². The molecule has 0 saturated heterocycles. The average molecular weight is 372 g/mol. The Hall–Kier alpha value is -3.47. The number of pyridine rings is 1. The molecule has 28 heavy (non-hydrogen) atoms. The summed E-state index contributed by atoms with van der Waals surface area (Å²) in [5, 5.41) is 10.1. The Morgan fingerprint density at radius 2 is 2.04 bits per heavy atom. The monoisotopic (exact) mass is 372 g/mol. The van der Waals surface area contributed by atoms with E-state index in [9.17, 15) is 0 Å². The molecule has 0 spiro atoms. The maximum absolute atomic E-state index is 9.02. The third-order valence-corrected chi connectivity index (χ3v) is 5.70. The zero-order chi connectivity index (χ0) is 19.1. The van der Waals surface area contributed by atoms with Crippen molar-refractivity contribution in [2.75, 3.05) is 5.73 Å². The van der Waals surface area contributed by atoms with Crippen LogP contribution >= 0.6 is 0 Å². The van der Waals surface area contributed by atoms with Crippen LogP contribution < -0.4 is 5.73 Å².